The maximum atomic E-state index is 13.6. The molecule has 1 N–H and O–H groups in total. The molecule has 0 fully saturated rings. The maximum Gasteiger partial charge on any atom is 0.131 e. The van der Waals surface area contributed by atoms with E-state index < -0.39 is 6.10 Å². The van der Waals surface area contributed by atoms with Gasteiger partial charge in [-0.25, -0.2) is 4.39 Å². The highest BCUT2D eigenvalue weighted by molar-refractivity contribution is 5.66. The molecular weight excluding hydrogens is 227 g/mol. The Morgan fingerprint density at radius 1 is 1.06 bits per heavy atom. The summed E-state index contributed by atoms with van der Waals surface area (Å²) in [6.45, 7) is 1.70. The minimum absolute atomic E-state index is 0.218. The van der Waals surface area contributed by atoms with Crippen LogP contribution in [0.5, 0.6) is 0 Å². The first-order chi connectivity index (χ1) is 8.66. The number of hydrogen-bond acceptors (Lipinski definition) is 1. The van der Waals surface area contributed by atoms with Crippen molar-refractivity contribution in [3.8, 4) is 11.1 Å². The van der Waals surface area contributed by atoms with Gasteiger partial charge in [0.15, 0.2) is 0 Å². The first-order valence-electron chi connectivity index (χ1n) is 5.88. The third-order valence-electron chi connectivity index (χ3n) is 2.66. The lowest BCUT2D eigenvalue weighted by Crippen LogP contribution is -1.91. The molecule has 0 aliphatic heterocycles. The molecule has 1 atom stereocenters. The Balaban J connectivity index is 2.25. The average molecular weight is 242 g/mol. The molecule has 0 amide bonds. The number of hydrogen-bond donors (Lipinski definition) is 1. The zero-order valence-electron chi connectivity index (χ0n) is 10.2. The van der Waals surface area contributed by atoms with E-state index in [2.05, 4.69) is 0 Å². The highest BCUT2D eigenvalue weighted by atomic mass is 19.1. The Labute approximate surface area is 106 Å². The Morgan fingerprint density at radius 2 is 1.72 bits per heavy atom. The van der Waals surface area contributed by atoms with Crippen LogP contribution in [0.3, 0.4) is 0 Å². The molecule has 2 heteroatoms. The molecule has 0 aromatic heterocycles. The highest BCUT2D eigenvalue weighted by Gasteiger charge is 2.02. The van der Waals surface area contributed by atoms with E-state index in [1.807, 2.05) is 36.4 Å². The molecule has 0 aliphatic carbocycles. The van der Waals surface area contributed by atoms with Crippen molar-refractivity contribution in [3.63, 3.8) is 0 Å². The topological polar surface area (TPSA) is 20.2 Å². The number of aliphatic hydroxyl groups excluding tert-OH is 1. The summed E-state index contributed by atoms with van der Waals surface area (Å²) in [5.74, 6) is -0.218. The molecule has 0 saturated heterocycles. The van der Waals surface area contributed by atoms with Crippen LogP contribution in [-0.4, -0.2) is 11.2 Å². The Morgan fingerprint density at radius 3 is 2.33 bits per heavy atom. The van der Waals surface area contributed by atoms with Gasteiger partial charge in [-0.3, -0.25) is 0 Å². The molecule has 0 spiro atoms. The van der Waals surface area contributed by atoms with Crippen molar-refractivity contribution in [2.45, 2.75) is 13.0 Å². The largest absolute Gasteiger partial charge is 0.389 e. The van der Waals surface area contributed by atoms with Crippen molar-refractivity contribution >= 4 is 6.08 Å². The summed E-state index contributed by atoms with van der Waals surface area (Å²) in [6, 6.07) is 14.3. The lowest BCUT2D eigenvalue weighted by molar-refractivity contribution is 0.245. The molecule has 1 nitrogen and oxygen atoms in total. The molecular formula is C16H15FO. The zero-order valence-corrected chi connectivity index (χ0v) is 10.2. The van der Waals surface area contributed by atoms with Gasteiger partial charge in [-0.2, -0.15) is 0 Å². The van der Waals surface area contributed by atoms with Crippen LogP contribution in [0.4, 0.5) is 4.39 Å². The van der Waals surface area contributed by atoms with Crippen molar-refractivity contribution in [1.82, 2.24) is 0 Å². The number of benzene rings is 2. The predicted octanol–water partition coefficient (Wildman–Crippen LogP) is 3.89. The summed E-state index contributed by atoms with van der Waals surface area (Å²) in [7, 11) is 0. The van der Waals surface area contributed by atoms with Crippen LogP contribution in [0.2, 0.25) is 0 Å². The van der Waals surface area contributed by atoms with E-state index in [1.54, 1.807) is 25.1 Å². The first kappa shape index (κ1) is 12.5. The van der Waals surface area contributed by atoms with Crippen LogP contribution in [0.1, 0.15) is 12.5 Å². The van der Waals surface area contributed by atoms with Crippen molar-refractivity contribution < 1.29 is 9.50 Å². The summed E-state index contributed by atoms with van der Waals surface area (Å²) in [5, 5.41) is 9.15. The summed E-state index contributed by atoms with van der Waals surface area (Å²) < 4.78 is 13.6. The van der Waals surface area contributed by atoms with Gasteiger partial charge in [0, 0.05) is 5.56 Å². The molecule has 2 rings (SSSR count). The molecule has 1 unspecified atom stereocenters. The van der Waals surface area contributed by atoms with Gasteiger partial charge in [0.05, 0.1) is 6.10 Å². The van der Waals surface area contributed by atoms with E-state index >= 15 is 0 Å². The molecule has 92 valence electrons. The SMILES string of the molecule is CC(O)C=Cc1ccc(-c2ccccc2F)cc1. The van der Waals surface area contributed by atoms with Gasteiger partial charge in [-0.15, -0.1) is 0 Å². The lowest BCUT2D eigenvalue weighted by atomic mass is 10.0. The first-order valence-corrected chi connectivity index (χ1v) is 5.88. The monoisotopic (exact) mass is 242 g/mol. The normalized spacial score (nSPS) is 12.8. The fourth-order valence-corrected chi connectivity index (χ4v) is 1.72. The van der Waals surface area contributed by atoms with Crippen LogP contribution < -0.4 is 0 Å². The van der Waals surface area contributed by atoms with E-state index in [0.29, 0.717) is 5.56 Å². The van der Waals surface area contributed by atoms with Gasteiger partial charge >= 0.3 is 0 Å². The quantitative estimate of drug-likeness (QED) is 0.865. The van der Waals surface area contributed by atoms with E-state index in [0.717, 1.165) is 11.1 Å². The molecule has 0 aliphatic rings. The second-order valence-electron chi connectivity index (χ2n) is 4.20. The van der Waals surface area contributed by atoms with E-state index in [1.165, 1.54) is 6.07 Å². The number of aliphatic hydroxyl groups is 1. The van der Waals surface area contributed by atoms with Gasteiger partial charge in [-0.05, 0) is 24.1 Å². The third-order valence-corrected chi connectivity index (χ3v) is 2.66. The molecule has 0 bridgehead atoms. The molecule has 2 aromatic carbocycles. The third kappa shape index (κ3) is 3.05. The molecule has 0 heterocycles. The van der Waals surface area contributed by atoms with E-state index in [-0.39, 0.29) is 5.82 Å². The Kier molecular flexibility index (Phi) is 3.90. The summed E-state index contributed by atoms with van der Waals surface area (Å²) in [4.78, 5) is 0. The van der Waals surface area contributed by atoms with Crippen LogP contribution >= 0.6 is 0 Å². The molecule has 2 aromatic rings. The Hall–Kier alpha value is -1.93. The van der Waals surface area contributed by atoms with Gasteiger partial charge in [-0.1, -0.05) is 54.6 Å². The van der Waals surface area contributed by atoms with Gasteiger partial charge in [0.25, 0.3) is 0 Å². The molecule has 18 heavy (non-hydrogen) atoms. The van der Waals surface area contributed by atoms with Crippen molar-refractivity contribution in [2.75, 3.05) is 0 Å². The van der Waals surface area contributed by atoms with Crippen molar-refractivity contribution in [2.24, 2.45) is 0 Å². The fourth-order valence-electron chi connectivity index (χ4n) is 1.72. The maximum absolute atomic E-state index is 13.6. The summed E-state index contributed by atoms with van der Waals surface area (Å²) >= 11 is 0. The van der Waals surface area contributed by atoms with Crippen LogP contribution in [-0.2, 0) is 0 Å². The average Bonchev–Trinajstić information content (AvgIpc) is 2.38. The number of halogens is 1. The van der Waals surface area contributed by atoms with Crippen LogP contribution in [0.15, 0.2) is 54.6 Å². The second-order valence-corrected chi connectivity index (χ2v) is 4.20. The van der Waals surface area contributed by atoms with Crippen molar-refractivity contribution in [3.05, 3.63) is 66.0 Å². The Bertz CT molecular complexity index is 541. The number of rotatable bonds is 3. The van der Waals surface area contributed by atoms with E-state index in [4.69, 9.17) is 5.11 Å². The zero-order chi connectivity index (χ0) is 13.0. The van der Waals surface area contributed by atoms with Crippen LogP contribution in [0.25, 0.3) is 17.2 Å². The second kappa shape index (κ2) is 5.61. The van der Waals surface area contributed by atoms with Crippen LogP contribution in [0, 0.1) is 5.82 Å². The predicted molar refractivity (Wildman–Crippen MR) is 72.6 cm³/mol. The summed E-state index contributed by atoms with van der Waals surface area (Å²) in [6.07, 6.45) is 3.09. The van der Waals surface area contributed by atoms with Gasteiger partial charge < -0.3 is 5.11 Å². The van der Waals surface area contributed by atoms with Gasteiger partial charge in [0.1, 0.15) is 5.82 Å². The minimum Gasteiger partial charge on any atom is -0.389 e. The van der Waals surface area contributed by atoms with Gasteiger partial charge in [0.2, 0.25) is 0 Å². The molecule has 0 radical (unpaired) electrons. The summed E-state index contributed by atoms with van der Waals surface area (Å²) in [5.41, 5.74) is 2.43. The van der Waals surface area contributed by atoms with Crippen molar-refractivity contribution in [1.29, 1.82) is 0 Å². The smallest absolute Gasteiger partial charge is 0.131 e. The standard InChI is InChI=1S/C16H15FO/c1-12(18)6-7-13-8-10-14(11-9-13)15-4-2-3-5-16(15)17/h2-12,18H,1H3. The van der Waals surface area contributed by atoms with E-state index in [9.17, 15) is 4.39 Å². The minimum atomic E-state index is -0.462. The fraction of sp³-hybridized carbons (Fsp3) is 0.125. The lowest BCUT2D eigenvalue weighted by Gasteiger charge is -2.03. The molecule has 0 saturated carbocycles. The highest BCUT2D eigenvalue weighted by Crippen LogP contribution is 2.22.